The third-order valence-corrected chi connectivity index (χ3v) is 7.04. The van der Waals surface area contributed by atoms with Crippen molar-refractivity contribution in [3.8, 4) is 0 Å². The SMILES string of the molecule is CC(=O)N1C[C@H](COCC2CC2)C2(CCN(CCc3ccccc3)CC2)C1. The van der Waals surface area contributed by atoms with Gasteiger partial charge in [0.05, 0.1) is 6.61 Å². The van der Waals surface area contributed by atoms with Crippen molar-refractivity contribution in [1.82, 2.24) is 9.80 Å². The van der Waals surface area contributed by atoms with Crippen molar-refractivity contribution < 1.29 is 9.53 Å². The van der Waals surface area contributed by atoms with Crippen LogP contribution in [0.2, 0.25) is 0 Å². The van der Waals surface area contributed by atoms with Crippen LogP contribution in [0.15, 0.2) is 30.3 Å². The standard InChI is InChI=1S/C23H34N2O2/c1-19(26)25-15-22(17-27-16-21-7-8-21)23(18-25)10-13-24(14-11-23)12-9-20-5-3-2-4-6-20/h2-6,21-22H,7-18H2,1H3/t22-/m1/s1. The molecule has 1 aromatic carbocycles. The van der Waals surface area contributed by atoms with Crippen LogP contribution in [0.25, 0.3) is 0 Å². The third-order valence-electron chi connectivity index (χ3n) is 7.04. The molecular formula is C23H34N2O2. The van der Waals surface area contributed by atoms with Crippen LogP contribution in [0.4, 0.5) is 0 Å². The van der Waals surface area contributed by atoms with Crippen molar-refractivity contribution in [2.45, 2.75) is 39.0 Å². The molecule has 1 amide bonds. The first-order valence-electron chi connectivity index (χ1n) is 10.7. The van der Waals surface area contributed by atoms with Crippen LogP contribution in [0.5, 0.6) is 0 Å². The lowest BCUT2D eigenvalue weighted by Crippen LogP contribution is -2.46. The minimum atomic E-state index is 0.227. The van der Waals surface area contributed by atoms with Gasteiger partial charge < -0.3 is 14.5 Å². The Morgan fingerprint density at radius 1 is 1.15 bits per heavy atom. The lowest BCUT2D eigenvalue weighted by molar-refractivity contribution is -0.128. The van der Waals surface area contributed by atoms with Gasteiger partial charge in [-0.05, 0) is 62.1 Å². The van der Waals surface area contributed by atoms with Crippen LogP contribution >= 0.6 is 0 Å². The molecule has 27 heavy (non-hydrogen) atoms. The molecule has 0 radical (unpaired) electrons. The minimum Gasteiger partial charge on any atom is -0.381 e. The Labute approximate surface area is 163 Å². The fourth-order valence-electron chi connectivity index (χ4n) is 4.88. The van der Waals surface area contributed by atoms with Gasteiger partial charge in [-0.3, -0.25) is 4.79 Å². The van der Waals surface area contributed by atoms with Gasteiger partial charge >= 0.3 is 0 Å². The summed E-state index contributed by atoms with van der Waals surface area (Å²) in [6.45, 7) is 8.75. The Morgan fingerprint density at radius 3 is 2.56 bits per heavy atom. The summed E-state index contributed by atoms with van der Waals surface area (Å²) in [5, 5.41) is 0. The summed E-state index contributed by atoms with van der Waals surface area (Å²) in [5.41, 5.74) is 1.70. The molecule has 1 spiro atoms. The molecule has 2 aliphatic heterocycles. The van der Waals surface area contributed by atoms with E-state index in [0.29, 0.717) is 5.92 Å². The molecule has 4 nitrogen and oxygen atoms in total. The Kier molecular flexibility index (Phi) is 5.84. The maximum absolute atomic E-state index is 12.0. The van der Waals surface area contributed by atoms with E-state index in [9.17, 15) is 4.79 Å². The molecule has 4 heteroatoms. The number of likely N-dealkylation sites (tertiary alicyclic amines) is 2. The summed E-state index contributed by atoms with van der Waals surface area (Å²) < 4.78 is 6.08. The number of rotatable bonds is 7. The zero-order valence-electron chi connectivity index (χ0n) is 16.7. The summed E-state index contributed by atoms with van der Waals surface area (Å²) in [7, 11) is 0. The summed E-state index contributed by atoms with van der Waals surface area (Å²) in [6, 6.07) is 10.8. The number of piperidine rings is 1. The Balaban J connectivity index is 1.31. The van der Waals surface area contributed by atoms with Gasteiger partial charge in [0.25, 0.3) is 0 Å². The fraction of sp³-hybridized carbons (Fsp3) is 0.696. The first kappa shape index (κ1) is 18.9. The van der Waals surface area contributed by atoms with Gasteiger partial charge in [0.2, 0.25) is 5.91 Å². The van der Waals surface area contributed by atoms with Gasteiger partial charge in [-0.25, -0.2) is 0 Å². The van der Waals surface area contributed by atoms with E-state index in [0.717, 1.165) is 58.3 Å². The summed E-state index contributed by atoms with van der Waals surface area (Å²) in [4.78, 5) is 16.7. The Morgan fingerprint density at radius 2 is 1.89 bits per heavy atom. The summed E-state index contributed by atoms with van der Waals surface area (Å²) in [6.07, 6.45) is 6.20. The molecule has 0 N–H and O–H groups in total. The number of benzene rings is 1. The second-order valence-electron chi connectivity index (χ2n) is 9.02. The van der Waals surface area contributed by atoms with E-state index >= 15 is 0 Å². The molecule has 2 saturated heterocycles. The lowest BCUT2D eigenvalue weighted by atomic mass is 9.71. The number of hydrogen-bond donors (Lipinski definition) is 0. The first-order chi connectivity index (χ1) is 13.1. The predicted octanol–water partition coefficient (Wildman–Crippen LogP) is 3.22. The quantitative estimate of drug-likeness (QED) is 0.739. The van der Waals surface area contributed by atoms with Gasteiger partial charge in [-0.2, -0.15) is 0 Å². The van der Waals surface area contributed by atoms with E-state index in [4.69, 9.17) is 4.74 Å². The molecule has 3 aliphatic rings. The summed E-state index contributed by atoms with van der Waals surface area (Å²) in [5.74, 6) is 1.55. The average Bonchev–Trinajstić information content (AvgIpc) is 3.44. The van der Waals surface area contributed by atoms with E-state index in [-0.39, 0.29) is 11.3 Å². The van der Waals surface area contributed by atoms with Crippen LogP contribution < -0.4 is 0 Å². The van der Waals surface area contributed by atoms with Gasteiger partial charge in [0.1, 0.15) is 0 Å². The van der Waals surface area contributed by atoms with E-state index in [2.05, 4.69) is 40.1 Å². The van der Waals surface area contributed by atoms with Crippen molar-refractivity contribution in [3.05, 3.63) is 35.9 Å². The lowest BCUT2D eigenvalue weighted by Gasteiger charge is -2.42. The molecule has 3 fully saturated rings. The number of amides is 1. The zero-order valence-corrected chi connectivity index (χ0v) is 16.7. The summed E-state index contributed by atoms with van der Waals surface area (Å²) >= 11 is 0. The highest BCUT2D eigenvalue weighted by Gasteiger charge is 2.48. The van der Waals surface area contributed by atoms with E-state index in [1.54, 1.807) is 6.92 Å². The number of hydrogen-bond acceptors (Lipinski definition) is 3. The minimum absolute atomic E-state index is 0.227. The van der Waals surface area contributed by atoms with Crippen LogP contribution in [0.1, 0.15) is 38.2 Å². The maximum atomic E-state index is 12.0. The monoisotopic (exact) mass is 370 g/mol. The number of nitrogens with zero attached hydrogens (tertiary/aromatic N) is 2. The van der Waals surface area contributed by atoms with Crippen LogP contribution in [-0.2, 0) is 16.0 Å². The third kappa shape index (κ3) is 4.72. The number of carbonyl (C=O) groups excluding carboxylic acids is 1. The smallest absolute Gasteiger partial charge is 0.219 e. The van der Waals surface area contributed by atoms with Gasteiger partial charge in [0, 0.05) is 39.1 Å². The van der Waals surface area contributed by atoms with Crippen molar-refractivity contribution in [2.75, 3.05) is 45.9 Å². The van der Waals surface area contributed by atoms with Gasteiger partial charge in [0.15, 0.2) is 0 Å². The van der Waals surface area contributed by atoms with Crippen molar-refractivity contribution in [1.29, 1.82) is 0 Å². The van der Waals surface area contributed by atoms with Crippen LogP contribution in [0.3, 0.4) is 0 Å². The molecule has 0 aromatic heterocycles. The van der Waals surface area contributed by atoms with Gasteiger partial charge in [-0.1, -0.05) is 30.3 Å². The Bertz CT molecular complexity index is 621. The molecule has 0 bridgehead atoms. The van der Waals surface area contributed by atoms with Crippen molar-refractivity contribution in [3.63, 3.8) is 0 Å². The normalized spacial score (nSPS) is 25.2. The average molecular weight is 371 g/mol. The second-order valence-corrected chi connectivity index (χ2v) is 9.02. The first-order valence-corrected chi connectivity index (χ1v) is 10.7. The number of ether oxygens (including phenoxy) is 1. The highest BCUT2D eigenvalue weighted by Crippen LogP contribution is 2.45. The molecule has 4 rings (SSSR count). The van der Waals surface area contributed by atoms with E-state index < -0.39 is 0 Å². The predicted molar refractivity (Wildman–Crippen MR) is 108 cm³/mol. The molecule has 0 unspecified atom stereocenters. The molecular weight excluding hydrogens is 336 g/mol. The van der Waals surface area contributed by atoms with Gasteiger partial charge in [-0.15, -0.1) is 0 Å². The Hall–Kier alpha value is -1.39. The van der Waals surface area contributed by atoms with Crippen LogP contribution in [-0.4, -0.2) is 61.6 Å². The number of carbonyl (C=O) groups is 1. The van der Waals surface area contributed by atoms with E-state index in [1.807, 2.05) is 0 Å². The molecule has 1 atom stereocenters. The van der Waals surface area contributed by atoms with Crippen molar-refractivity contribution in [2.24, 2.45) is 17.3 Å². The molecule has 1 aromatic rings. The van der Waals surface area contributed by atoms with Crippen LogP contribution in [0, 0.1) is 17.3 Å². The zero-order chi connectivity index (χ0) is 18.7. The topological polar surface area (TPSA) is 32.8 Å². The second kappa shape index (κ2) is 8.32. The highest BCUT2D eigenvalue weighted by molar-refractivity contribution is 5.73. The van der Waals surface area contributed by atoms with Crippen molar-refractivity contribution >= 4 is 5.91 Å². The molecule has 148 valence electrons. The molecule has 1 aliphatic carbocycles. The maximum Gasteiger partial charge on any atom is 0.219 e. The molecule has 1 saturated carbocycles. The fourth-order valence-corrected chi connectivity index (χ4v) is 4.88. The molecule has 2 heterocycles. The van der Waals surface area contributed by atoms with E-state index in [1.165, 1.54) is 31.2 Å². The largest absolute Gasteiger partial charge is 0.381 e. The highest BCUT2D eigenvalue weighted by atomic mass is 16.5.